The average molecular weight is 246 g/mol. The zero-order valence-electron chi connectivity index (χ0n) is 8.99. The fourth-order valence-corrected chi connectivity index (χ4v) is 1.34. The molecule has 0 aromatic carbocycles. The second-order valence-electron chi connectivity index (χ2n) is 3.71. The van der Waals surface area contributed by atoms with Gasteiger partial charge in [0, 0.05) is 0 Å². The number of alkyl halides is 5. The van der Waals surface area contributed by atoms with Crippen molar-refractivity contribution < 1.29 is 26.7 Å². The summed E-state index contributed by atoms with van der Waals surface area (Å²) in [5, 5.41) is 0. The number of unbranched alkanes of at least 4 members (excludes halogenated alkanes) is 3. The molecule has 0 spiro atoms. The van der Waals surface area contributed by atoms with Gasteiger partial charge in [-0.05, 0) is 6.42 Å². The molecule has 0 bridgehead atoms. The Morgan fingerprint density at radius 2 is 1.62 bits per heavy atom. The smallest absolute Gasteiger partial charge is 0.303 e. The van der Waals surface area contributed by atoms with E-state index in [4.69, 9.17) is 0 Å². The summed E-state index contributed by atoms with van der Waals surface area (Å²) in [4.78, 5) is 10.3. The van der Waals surface area contributed by atoms with Crippen LogP contribution in [-0.4, -0.2) is 18.4 Å². The van der Waals surface area contributed by atoms with Crippen molar-refractivity contribution in [3.8, 4) is 0 Å². The van der Waals surface area contributed by atoms with Crippen LogP contribution in [0.4, 0.5) is 22.0 Å². The largest absolute Gasteiger partial charge is 0.454 e. The number of hydrogen-bond donors (Lipinski definition) is 0. The quantitative estimate of drug-likeness (QED) is 0.377. The first-order valence-electron chi connectivity index (χ1n) is 5.17. The van der Waals surface area contributed by atoms with E-state index in [0.717, 1.165) is 12.8 Å². The van der Waals surface area contributed by atoms with Gasteiger partial charge in [-0.15, -0.1) is 0 Å². The van der Waals surface area contributed by atoms with Crippen LogP contribution < -0.4 is 0 Å². The van der Waals surface area contributed by atoms with Crippen LogP contribution in [0.25, 0.3) is 0 Å². The highest BCUT2D eigenvalue weighted by atomic mass is 19.4. The summed E-state index contributed by atoms with van der Waals surface area (Å²) < 4.78 is 61.3. The van der Waals surface area contributed by atoms with Crippen molar-refractivity contribution in [1.82, 2.24) is 0 Å². The highest BCUT2D eigenvalue weighted by molar-refractivity contribution is 5.55. The topological polar surface area (TPSA) is 17.1 Å². The molecule has 0 aliphatic carbocycles. The highest BCUT2D eigenvalue weighted by Crippen LogP contribution is 2.42. The first-order valence-corrected chi connectivity index (χ1v) is 5.17. The maximum Gasteiger partial charge on any atom is 0.454 e. The van der Waals surface area contributed by atoms with Crippen molar-refractivity contribution in [3.05, 3.63) is 0 Å². The summed E-state index contributed by atoms with van der Waals surface area (Å²) in [6.45, 7) is 1.89. The lowest BCUT2D eigenvalue weighted by Gasteiger charge is -2.24. The third-order valence-electron chi connectivity index (χ3n) is 2.38. The Bertz CT molecular complexity index is 212. The maximum atomic E-state index is 12.7. The molecular weight excluding hydrogens is 231 g/mol. The maximum absolute atomic E-state index is 12.7. The van der Waals surface area contributed by atoms with Gasteiger partial charge in [0.2, 0.25) is 0 Å². The van der Waals surface area contributed by atoms with Crippen LogP contribution in [0.1, 0.15) is 39.0 Å². The number of rotatable bonds is 7. The lowest BCUT2D eigenvalue weighted by atomic mass is 9.95. The van der Waals surface area contributed by atoms with Gasteiger partial charge in [0.1, 0.15) is 6.29 Å². The molecule has 0 aliphatic heterocycles. The molecule has 0 fully saturated rings. The lowest BCUT2D eigenvalue weighted by Crippen LogP contribution is -2.44. The van der Waals surface area contributed by atoms with Crippen LogP contribution in [0.15, 0.2) is 0 Å². The zero-order chi connectivity index (χ0) is 12.8. The fourth-order valence-electron chi connectivity index (χ4n) is 1.34. The molecule has 0 unspecified atom stereocenters. The summed E-state index contributed by atoms with van der Waals surface area (Å²) in [7, 11) is 0. The van der Waals surface area contributed by atoms with E-state index in [9.17, 15) is 26.7 Å². The third kappa shape index (κ3) is 4.06. The van der Waals surface area contributed by atoms with Crippen LogP contribution in [0, 0.1) is 5.92 Å². The van der Waals surface area contributed by atoms with Crippen LogP contribution in [0.3, 0.4) is 0 Å². The lowest BCUT2D eigenvalue weighted by molar-refractivity contribution is -0.297. The predicted molar refractivity (Wildman–Crippen MR) is 49.3 cm³/mol. The van der Waals surface area contributed by atoms with Gasteiger partial charge in [-0.25, -0.2) is 0 Å². The highest BCUT2D eigenvalue weighted by Gasteiger charge is 2.61. The van der Waals surface area contributed by atoms with E-state index < -0.39 is 24.4 Å². The van der Waals surface area contributed by atoms with E-state index in [2.05, 4.69) is 0 Å². The molecule has 96 valence electrons. The minimum Gasteiger partial charge on any atom is -0.303 e. The van der Waals surface area contributed by atoms with Crippen molar-refractivity contribution in [3.63, 3.8) is 0 Å². The number of aldehydes is 1. The number of hydrogen-bond acceptors (Lipinski definition) is 1. The standard InChI is InChI=1S/C10H15F5O/c1-2-3-4-5-6-8(7-16)9(11,12)10(13,14)15/h7-8H,2-6H2,1H3/t8-/m0/s1. The molecule has 0 saturated heterocycles. The second kappa shape index (κ2) is 6.15. The Labute approximate surface area is 91.0 Å². The summed E-state index contributed by atoms with van der Waals surface area (Å²) in [6.07, 6.45) is -3.97. The van der Waals surface area contributed by atoms with Gasteiger partial charge in [-0.3, -0.25) is 0 Å². The number of carbonyl (C=O) groups excluding carboxylic acids is 1. The molecule has 0 heterocycles. The van der Waals surface area contributed by atoms with Gasteiger partial charge < -0.3 is 4.79 Å². The zero-order valence-corrected chi connectivity index (χ0v) is 8.99. The van der Waals surface area contributed by atoms with E-state index in [1.807, 2.05) is 6.92 Å². The van der Waals surface area contributed by atoms with Crippen molar-refractivity contribution in [2.45, 2.75) is 51.1 Å². The molecule has 0 aromatic rings. The van der Waals surface area contributed by atoms with E-state index in [0.29, 0.717) is 6.42 Å². The number of carbonyl (C=O) groups is 1. The number of halogens is 5. The molecule has 0 aromatic heterocycles. The van der Waals surface area contributed by atoms with Gasteiger partial charge in [0.05, 0.1) is 5.92 Å². The van der Waals surface area contributed by atoms with Gasteiger partial charge in [0.25, 0.3) is 0 Å². The van der Waals surface area contributed by atoms with Crippen molar-refractivity contribution in [2.75, 3.05) is 0 Å². The van der Waals surface area contributed by atoms with Crippen LogP contribution in [0.2, 0.25) is 0 Å². The molecule has 0 amide bonds. The van der Waals surface area contributed by atoms with Gasteiger partial charge in [-0.1, -0.05) is 32.6 Å². The van der Waals surface area contributed by atoms with Gasteiger partial charge >= 0.3 is 12.1 Å². The Morgan fingerprint density at radius 1 is 1.06 bits per heavy atom. The molecule has 16 heavy (non-hydrogen) atoms. The molecule has 0 rings (SSSR count). The Balaban J connectivity index is 4.32. The minimum absolute atomic E-state index is 0.211. The summed E-state index contributed by atoms with van der Waals surface area (Å²) >= 11 is 0. The summed E-state index contributed by atoms with van der Waals surface area (Å²) in [5.41, 5.74) is 0. The monoisotopic (exact) mass is 246 g/mol. The minimum atomic E-state index is -5.65. The van der Waals surface area contributed by atoms with Crippen molar-refractivity contribution in [1.29, 1.82) is 0 Å². The molecule has 1 atom stereocenters. The third-order valence-corrected chi connectivity index (χ3v) is 2.38. The Morgan fingerprint density at radius 3 is 2.00 bits per heavy atom. The van der Waals surface area contributed by atoms with Crippen LogP contribution in [-0.2, 0) is 4.79 Å². The van der Waals surface area contributed by atoms with E-state index in [1.165, 1.54) is 0 Å². The van der Waals surface area contributed by atoms with Gasteiger partial charge in [-0.2, -0.15) is 22.0 Å². The molecule has 0 saturated carbocycles. The molecule has 0 aliphatic rings. The fraction of sp³-hybridized carbons (Fsp3) is 0.900. The van der Waals surface area contributed by atoms with Gasteiger partial charge in [0.15, 0.2) is 0 Å². The Kier molecular flexibility index (Phi) is 5.89. The van der Waals surface area contributed by atoms with Crippen LogP contribution >= 0.6 is 0 Å². The molecule has 0 N–H and O–H groups in total. The van der Waals surface area contributed by atoms with E-state index in [1.54, 1.807) is 0 Å². The predicted octanol–water partition coefficient (Wildman–Crippen LogP) is 3.97. The van der Waals surface area contributed by atoms with Crippen molar-refractivity contribution >= 4 is 6.29 Å². The summed E-state index contributed by atoms with van der Waals surface area (Å²) in [5.74, 6) is -7.18. The summed E-state index contributed by atoms with van der Waals surface area (Å²) in [6, 6.07) is 0. The van der Waals surface area contributed by atoms with E-state index in [-0.39, 0.29) is 12.7 Å². The molecule has 1 nitrogen and oxygen atoms in total. The van der Waals surface area contributed by atoms with Crippen molar-refractivity contribution in [2.24, 2.45) is 5.92 Å². The molecule has 0 radical (unpaired) electrons. The first-order chi connectivity index (χ1) is 7.27. The average Bonchev–Trinajstić information content (AvgIpc) is 2.16. The Hall–Kier alpha value is -0.680. The molecular formula is C10H15F5O. The SMILES string of the molecule is CCCCCC[C@@H](C=O)C(F)(F)C(F)(F)F. The van der Waals surface area contributed by atoms with E-state index >= 15 is 0 Å². The molecule has 6 heteroatoms. The first kappa shape index (κ1) is 15.3. The normalized spacial score (nSPS) is 14.9. The van der Waals surface area contributed by atoms with Crippen LogP contribution in [0.5, 0.6) is 0 Å². The second-order valence-corrected chi connectivity index (χ2v) is 3.71.